The Morgan fingerprint density at radius 2 is 1.93 bits per heavy atom. The van der Waals surface area contributed by atoms with Crippen molar-refractivity contribution in [2.24, 2.45) is 0 Å². The fourth-order valence-electron chi connectivity index (χ4n) is 4.17. The van der Waals surface area contributed by atoms with E-state index in [0.29, 0.717) is 43.9 Å². The van der Waals surface area contributed by atoms with E-state index in [9.17, 15) is 13.7 Å². The van der Waals surface area contributed by atoms with E-state index in [1.807, 2.05) is 28.7 Å². The second-order valence-electron chi connectivity index (χ2n) is 6.97. The van der Waals surface area contributed by atoms with Gasteiger partial charge in [0.05, 0.1) is 41.3 Å². The van der Waals surface area contributed by atoms with Crippen LogP contribution in [0.3, 0.4) is 0 Å². The predicted molar refractivity (Wildman–Crippen MR) is 102 cm³/mol. The summed E-state index contributed by atoms with van der Waals surface area (Å²) in [6.45, 7) is 2.55. The molecule has 0 N–H and O–H groups in total. The Balaban J connectivity index is 1.95. The van der Waals surface area contributed by atoms with Crippen LogP contribution in [0.1, 0.15) is 16.7 Å². The van der Waals surface area contributed by atoms with Crippen molar-refractivity contribution in [2.75, 3.05) is 37.0 Å². The molecule has 2 aromatic heterocycles. The zero-order chi connectivity index (χ0) is 18.6. The first-order valence-corrected chi connectivity index (χ1v) is 10.8. The first-order chi connectivity index (χ1) is 13.1. The monoisotopic (exact) mass is 382 g/mol. The zero-order valence-electron chi connectivity index (χ0n) is 14.7. The molecule has 2 aliphatic heterocycles. The molecule has 0 radical (unpaired) electrons. The molecule has 0 amide bonds. The maximum Gasteiger partial charge on any atom is 0.157 e. The summed E-state index contributed by atoms with van der Waals surface area (Å²) < 4.78 is 32.3. The lowest BCUT2D eigenvalue weighted by molar-refractivity contribution is 0.122. The van der Waals surface area contributed by atoms with Gasteiger partial charge in [0.15, 0.2) is 15.5 Å². The number of nitrogens with zero attached hydrogens (tertiary/aromatic N) is 4. The molecule has 138 valence electrons. The average Bonchev–Trinajstić information content (AvgIpc) is 3.05. The molecule has 27 heavy (non-hydrogen) atoms. The van der Waals surface area contributed by atoms with Crippen molar-refractivity contribution in [3.05, 3.63) is 41.0 Å². The van der Waals surface area contributed by atoms with Gasteiger partial charge in [0.1, 0.15) is 11.9 Å². The molecule has 0 bridgehead atoms. The molecule has 1 aromatic carbocycles. The molecule has 0 aliphatic carbocycles. The van der Waals surface area contributed by atoms with Gasteiger partial charge in [-0.1, -0.05) is 12.1 Å². The van der Waals surface area contributed by atoms with Crippen molar-refractivity contribution in [3.63, 3.8) is 0 Å². The van der Waals surface area contributed by atoms with E-state index in [4.69, 9.17) is 9.72 Å². The highest BCUT2D eigenvalue weighted by Crippen LogP contribution is 2.37. The van der Waals surface area contributed by atoms with Crippen LogP contribution in [0.5, 0.6) is 0 Å². The minimum atomic E-state index is -3.19. The van der Waals surface area contributed by atoms with Crippen LogP contribution in [0.4, 0.5) is 5.82 Å². The van der Waals surface area contributed by atoms with Gasteiger partial charge in [0.25, 0.3) is 0 Å². The number of anilines is 1. The van der Waals surface area contributed by atoms with E-state index < -0.39 is 9.84 Å². The summed E-state index contributed by atoms with van der Waals surface area (Å²) in [6, 6.07) is 10.0. The maximum atomic E-state index is 12.4. The number of sulfone groups is 1. The molecule has 0 atom stereocenters. The second-order valence-corrected chi connectivity index (χ2v) is 9.15. The highest BCUT2D eigenvalue weighted by Gasteiger charge is 2.32. The number of ether oxygens (including phenoxy) is 1. The summed E-state index contributed by atoms with van der Waals surface area (Å²) in [4.78, 5) is 6.89. The molecule has 7 nitrogen and oxygen atoms in total. The number of nitriles is 1. The highest BCUT2D eigenvalue weighted by atomic mass is 32.2. The average molecular weight is 382 g/mol. The van der Waals surface area contributed by atoms with Gasteiger partial charge in [-0.3, -0.25) is 4.40 Å². The predicted octanol–water partition coefficient (Wildman–Crippen LogP) is 1.67. The molecule has 5 rings (SSSR count). The maximum absolute atomic E-state index is 12.4. The Morgan fingerprint density at radius 1 is 1.15 bits per heavy atom. The van der Waals surface area contributed by atoms with E-state index in [2.05, 4.69) is 11.0 Å². The fourth-order valence-corrected chi connectivity index (χ4v) is 5.57. The summed E-state index contributed by atoms with van der Waals surface area (Å²) in [6.07, 6.45) is 0.359. The van der Waals surface area contributed by atoms with Crippen LogP contribution in [0.2, 0.25) is 0 Å². The smallest absolute Gasteiger partial charge is 0.157 e. The molecule has 0 saturated carbocycles. The first-order valence-electron chi connectivity index (χ1n) is 8.97. The van der Waals surface area contributed by atoms with E-state index >= 15 is 0 Å². The van der Waals surface area contributed by atoms with Crippen molar-refractivity contribution >= 4 is 32.3 Å². The van der Waals surface area contributed by atoms with E-state index in [1.54, 1.807) is 0 Å². The number of hydrogen-bond donors (Lipinski definition) is 0. The van der Waals surface area contributed by atoms with Gasteiger partial charge in [-0.15, -0.1) is 0 Å². The van der Waals surface area contributed by atoms with Crippen molar-refractivity contribution < 1.29 is 13.2 Å². The topological polar surface area (TPSA) is 87.7 Å². The Bertz CT molecular complexity index is 1220. The third-order valence-corrected chi connectivity index (χ3v) is 6.94. The molecule has 1 saturated heterocycles. The molecule has 0 spiro atoms. The highest BCUT2D eigenvalue weighted by molar-refractivity contribution is 7.90. The third-order valence-electron chi connectivity index (χ3n) is 5.38. The summed E-state index contributed by atoms with van der Waals surface area (Å²) in [7, 11) is -3.19. The minimum Gasteiger partial charge on any atom is -0.378 e. The number of para-hydroxylation sites is 2. The van der Waals surface area contributed by atoms with Gasteiger partial charge < -0.3 is 9.64 Å². The van der Waals surface area contributed by atoms with Crippen LogP contribution in [0.25, 0.3) is 16.7 Å². The summed E-state index contributed by atoms with van der Waals surface area (Å²) in [5, 5.41) is 9.86. The van der Waals surface area contributed by atoms with Gasteiger partial charge >= 0.3 is 0 Å². The van der Waals surface area contributed by atoms with Crippen LogP contribution < -0.4 is 4.90 Å². The quantitative estimate of drug-likeness (QED) is 0.636. The molecule has 8 heteroatoms. The Morgan fingerprint density at radius 3 is 2.70 bits per heavy atom. The lowest BCUT2D eigenvalue weighted by atomic mass is 10.0. The molecule has 4 heterocycles. The van der Waals surface area contributed by atoms with Crippen molar-refractivity contribution in [3.8, 4) is 6.07 Å². The first kappa shape index (κ1) is 16.5. The number of aromatic nitrogens is 2. The normalized spacial score (nSPS) is 19.1. The number of fused-ring (bicyclic) bond motifs is 4. The fraction of sp³-hybridized carbons (Fsp3) is 0.368. The van der Waals surface area contributed by atoms with Gasteiger partial charge in [-0.2, -0.15) is 5.26 Å². The Hall–Kier alpha value is -2.63. The van der Waals surface area contributed by atoms with Gasteiger partial charge in [0, 0.05) is 18.7 Å². The third kappa shape index (κ3) is 2.50. The van der Waals surface area contributed by atoms with E-state index in [0.717, 1.165) is 28.0 Å². The van der Waals surface area contributed by atoms with Gasteiger partial charge in [-0.05, 0) is 24.1 Å². The second kappa shape index (κ2) is 5.94. The number of benzene rings is 1. The molecule has 2 aliphatic rings. The SMILES string of the molecule is N#Cc1c2c(c(N3CCOCC3)n3c1nc1ccccc13)CS(=O)(=O)CC2. The summed E-state index contributed by atoms with van der Waals surface area (Å²) >= 11 is 0. The zero-order valence-corrected chi connectivity index (χ0v) is 15.5. The van der Waals surface area contributed by atoms with Crippen LogP contribution in [-0.4, -0.2) is 49.9 Å². The lowest BCUT2D eigenvalue weighted by Gasteiger charge is -2.33. The van der Waals surface area contributed by atoms with Crippen molar-refractivity contribution in [1.29, 1.82) is 5.26 Å². The number of imidazole rings is 1. The van der Waals surface area contributed by atoms with Gasteiger partial charge in [-0.25, -0.2) is 13.4 Å². The largest absolute Gasteiger partial charge is 0.378 e. The number of hydrogen-bond acceptors (Lipinski definition) is 6. The number of rotatable bonds is 1. The Labute approximate surface area is 156 Å². The molecule has 0 unspecified atom stereocenters. The van der Waals surface area contributed by atoms with E-state index in [1.165, 1.54) is 0 Å². The Kier molecular flexibility index (Phi) is 3.64. The number of morpholine rings is 1. The van der Waals surface area contributed by atoms with Crippen LogP contribution in [0, 0.1) is 11.3 Å². The van der Waals surface area contributed by atoms with Crippen LogP contribution in [0.15, 0.2) is 24.3 Å². The van der Waals surface area contributed by atoms with Crippen LogP contribution >= 0.6 is 0 Å². The molecule has 1 fully saturated rings. The van der Waals surface area contributed by atoms with Crippen molar-refractivity contribution in [1.82, 2.24) is 9.38 Å². The van der Waals surface area contributed by atoms with Crippen LogP contribution in [-0.2, 0) is 26.7 Å². The molecular weight excluding hydrogens is 364 g/mol. The summed E-state index contributed by atoms with van der Waals surface area (Å²) in [5.74, 6) is 0.888. The lowest BCUT2D eigenvalue weighted by Crippen LogP contribution is -2.39. The molecule has 3 aromatic rings. The van der Waals surface area contributed by atoms with E-state index in [-0.39, 0.29) is 11.5 Å². The van der Waals surface area contributed by atoms with Gasteiger partial charge in [0.2, 0.25) is 0 Å². The minimum absolute atomic E-state index is 0.0356. The summed E-state index contributed by atoms with van der Waals surface area (Å²) in [5.41, 5.74) is 4.36. The van der Waals surface area contributed by atoms with Crippen molar-refractivity contribution in [2.45, 2.75) is 12.2 Å². The number of pyridine rings is 1. The standard InChI is InChI=1S/C19H18N4O3S/c20-11-14-13-5-10-27(24,25)12-15(13)19(22-6-8-26-9-7-22)23-17-4-2-1-3-16(17)21-18(14)23/h1-4H,5-10,12H2. The molecular formula is C19H18N4O3S.